The molecule has 0 unspecified atom stereocenters. The largest absolute Gasteiger partial charge is 0.366 e. The molecule has 0 aliphatic heterocycles. The Hall–Kier alpha value is -3.21. The second kappa shape index (κ2) is 7.57. The molecule has 2 aromatic carbocycles. The Kier molecular flexibility index (Phi) is 5.04. The van der Waals surface area contributed by atoms with Crippen molar-refractivity contribution < 1.29 is 9.18 Å². The molecule has 0 atom stereocenters. The number of carbonyl (C=O) groups is 1. The summed E-state index contributed by atoms with van der Waals surface area (Å²) < 4.78 is 13.6. The van der Waals surface area contributed by atoms with Crippen LogP contribution in [0.5, 0.6) is 0 Å². The number of rotatable bonds is 5. The van der Waals surface area contributed by atoms with Crippen LogP contribution in [0.4, 0.5) is 15.9 Å². The molecular weight excluding hydrogens is 317 g/mol. The number of nitrogens with one attached hydrogen (secondary N) is 2. The fourth-order valence-corrected chi connectivity index (χ4v) is 2.43. The lowest BCUT2D eigenvalue weighted by molar-refractivity contribution is 0.102. The number of carbonyl (C=O) groups excluding carboxylic acids is 1. The first-order valence-corrected chi connectivity index (χ1v) is 7.94. The smallest absolute Gasteiger partial charge is 0.255 e. The summed E-state index contributed by atoms with van der Waals surface area (Å²) in [5.74, 6) is 0.182. The van der Waals surface area contributed by atoms with Gasteiger partial charge in [0.15, 0.2) is 0 Å². The first-order chi connectivity index (χ1) is 12.1. The number of anilines is 2. The van der Waals surface area contributed by atoms with Crippen LogP contribution in [0.2, 0.25) is 0 Å². The Labute approximate surface area is 145 Å². The van der Waals surface area contributed by atoms with Crippen LogP contribution in [-0.4, -0.2) is 10.9 Å². The summed E-state index contributed by atoms with van der Waals surface area (Å²) >= 11 is 0. The van der Waals surface area contributed by atoms with Crippen molar-refractivity contribution in [1.29, 1.82) is 0 Å². The van der Waals surface area contributed by atoms with E-state index in [9.17, 15) is 9.18 Å². The maximum Gasteiger partial charge on any atom is 0.255 e. The van der Waals surface area contributed by atoms with Gasteiger partial charge in [0.05, 0.1) is 11.9 Å². The van der Waals surface area contributed by atoms with E-state index < -0.39 is 0 Å². The molecule has 1 aromatic heterocycles. The highest BCUT2D eigenvalue weighted by atomic mass is 19.1. The molecule has 0 saturated heterocycles. The zero-order valence-electron chi connectivity index (χ0n) is 13.8. The van der Waals surface area contributed by atoms with Gasteiger partial charge in [-0.15, -0.1) is 0 Å². The van der Waals surface area contributed by atoms with Crippen LogP contribution in [0.1, 0.15) is 21.5 Å². The third kappa shape index (κ3) is 4.20. The van der Waals surface area contributed by atoms with Crippen LogP contribution in [0, 0.1) is 12.7 Å². The molecule has 2 N–H and O–H groups in total. The molecule has 5 heteroatoms. The Morgan fingerprint density at radius 3 is 2.52 bits per heavy atom. The van der Waals surface area contributed by atoms with Crippen molar-refractivity contribution in [2.24, 2.45) is 0 Å². The third-order valence-electron chi connectivity index (χ3n) is 3.83. The van der Waals surface area contributed by atoms with Gasteiger partial charge < -0.3 is 10.6 Å². The first-order valence-electron chi connectivity index (χ1n) is 7.94. The zero-order valence-corrected chi connectivity index (χ0v) is 13.8. The number of hydrogen-bond acceptors (Lipinski definition) is 3. The molecule has 1 heterocycles. The van der Waals surface area contributed by atoms with Gasteiger partial charge in [0.2, 0.25) is 0 Å². The number of halogens is 1. The summed E-state index contributed by atoms with van der Waals surface area (Å²) in [5, 5.41) is 5.88. The molecule has 0 radical (unpaired) electrons. The van der Waals surface area contributed by atoms with Gasteiger partial charge >= 0.3 is 0 Å². The second-order valence-electron chi connectivity index (χ2n) is 5.65. The number of benzene rings is 2. The van der Waals surface area contributed by atoms with Gasteiger partial charge in [-0.3, -0.25) is 4.79 Å². The summed E-state index contributed by atoms with van der Waals surface area (Å²) in [5.41, 5.74) is 2.71. The predicted octanol–water partition coefficient (Wildman–Crippen LogP) is 4.39. The number of nitrogens with zero attached hydrogens (tertiary/aromatic N) is 1. The van der Waals surface area contributed by atoms with E-state index in [0.29, 0.717) is 29.2 Å². The van der Waals surface area contributed by atoms with Crippen molar-refractivity contribution in [3.63, 3.8) is 0 Å². The molecule has 0 aliphatic carbocycles. The Balaban J connectivity index is 1.62. The van der Waals surface area contributed by atoms with E-state index in [2.05, 4.69) is 15.6 Å². The lowest BCUT2D eigenvalue weighted by atomic mass is 10.1. The highest BCUT2D eigenvalue weighted by molar-refractivity contribution is 6.05. The molecule has 0 fully saturated rings. The van der Waals surface area contributed by atoms with Crippen molar-refractivity contribution in [1.82, 2.24) is 4.98 Å². The van der Waals surface area contributed by atoms with E-state index in [-0.39, 0.29) is 11.7 Å². The Morgan fingerprint density at radius 2 is 1.80 bits per heavy atom. The van der Waals surface area contributed by atoms with Crippen molar-refractivity contribution in [3.05, 3.63) is 89.4 Å². The SMILES string of the molecule is Cc1ccccc1C(=O)Nc1ccc(NCc2ccccc2F)nc1. The van der Waals surface area contributed by atoms with E-state index in [1.807, 2.05) is 25.1 Å². The van der Waals surface area contributed by atoms with Gasteiger partial charge in [0.25, 0.3) is 5.91 Å². The van der Waals surface area contributed by atoms with Crippen LogP contribution in [-0.2, 0) is 6.54 Å². The molecule has 25 heavy (non-hydrogen) atoms. The monoisotopic (exact) mass is 335 g/mol. The first kappa shape index (κ1) is 16.6. The molecule has 0 spiro atoms. The zero-order chi connectivity index (χ0) is 17.6. The Morgan fingerprint density at radius 1 is 1.04 bits per heavy atom. The third-order valence-corrected chi connectivity index (χ3v) is 3.83. The summed E-state index contributed by atoms with van der Waals surface area (Å²) in [6.07, 6.45) is 1.57. The van der Waals surface area contributed by atoms with Crippen molar-refractivity contribution in [2.45, 2.75) is 13.5 Å². The molecule has 0 aliphatic rings. The minimum Gasteiger partial charge on any atom is -0.366 e. The molecular formula is C20H18FN3O. The molecule has 0 bridgehead atoms. The maximum absolute atomic E-state index is 13.6. The number of hydrogen-bond donors (Lipinski definition) is 2. The molecule has 126 valence electrons. The van der Waals surface area contributed by atoms with E-state index in [1.54, 1.807) is 42.6 Å². The predicted molar refractivity (Wildman–Crippen MR) is 97.1 cm³/mol. The van der Waals surface area contributed by atoms with Gasteiger partial charge in [0, 0.05) is 17.7 Å². The van der Waals surface area contributed by atoms with Crippen molar-refractivity contribution in [3.8, 4) is 0 Å². The van der Waals surface area contributed by atoms with E-state index in [4.69, 9.17) is 0 Å². The molecule has 3 aromatic rings. The van der Waals surface area contributed by atoms with Gasteiger partial charge in [0.1, 0.15) is 11.6 Å². The number of aromatic nitrogens is 1. The van der Waals surface area contributed by atoms with E-state index in [0.717, 1.165) is 5.56 Å². The van der Waals surface area contributed by atoms with Crippen LogP contribution in [0.3, 0.4) is 0 Å². The summed E-state index contributed by atoms with van der Waals surface area (Å²) in [6, 6.07) is 17.5. The standard InChI is InChI=1S/C20H18FN3O/c1-14-6-2-4-8-17(14)20(25)24-16-10-11-19(23-13-16)22-12-15-7-3-5-9-18(15)21/h2-11,13H,12H2,1H3,(H,22,23)(H,24,25). The molecule has 0 saturated carbocycles. The molecule has 3 rings (SSSR count). The number of amides is 1. The highest BCUT2D eigenvalue weighted by Crippen LogP contribution is 2.15. The number of pyridine rings is 1. The fourth-order valence-electron chi connectivity index (χ4n) is 2.43. The summed E-state index contributed by atoms with van der Waals surface area (Å²) in [6.45, 7) is 2.23. The van der Waals surface area contributed by atoms with Gasteiger partial charge in [-0.05, 0) is 36.8 Å². The molecule has 4 nitrogen and oxygen atoms in total. The van der Waals surface area contributed by atoms with Crippen LogP contribution < -0.4 is 10.6 Å². The molecule has 1 amide bonds. The number of aryl methyl sites for hydroxylation is 1. The minimum absolute atomic E-state index is 0.174. The normalized spacial score (nSPS) is 10.3. The van der Waals surface area contributed by atoms with Crippen LogP contribution in [0.25, 0.3) is 0 Å². The Bertz CT molecular complexity index is 878. The maximum atomic E-state index is 13.6. The summed E-state index contributed by atoms with van der Waals surface area (Å²) in [4.78, 5) is 16.5. The van der Waals surface area contributed by atoms with E-state index >= 15 is 0 Å². The minimum atomic E-state index is -0.253. The van der Waals surface area contributed by atoms with Gasteiger partial charge in [-0.2, -0.15) is 0 Å². The van der Waals surface area contributed by atoms with Gasteiger partial charge in [-0.25, -0.2) is 9.37 Å². The average molecular weight is 335 g/mol. The van der Waals surface area contributed by atoms with Crippen LogP contribution >= 0.6 is 0 Å². The van der Waals surface area contributed by atoms with E-state index in [1.165, 1.54) is 6.07 Å². The lowest BCUT2D eigenvalue weighted by Crippen LogP contribution is -2.13. The lowest BCUT2D eigenvalue weighted by Gasteiger charge is -2.09. The topological polar surface area (TPSA) is 54.0 Å². The van der Waals surface area contributed by atoms with Gasteiger partial charge in [-0.1, -0.05) is 36.4 Å². The average Bonchev–Trinajstić information content (AvgIpc) is 2.62. The fraction of sp³-hybridized carbons (Fsp3) is 0.100. The quantitative estimate of drug-likeness (QED) is 0.727. The summed E-state index contributed by atoms with van der Waals surface area (Å²) in [7, 11) is 0. The van der Waals surface area contributed by atoms with Crippen molar-refractivity contribution >= 4 is 17.4 Å². The highest BCUT2D eigenvalue weighted by Gasteiger charge is 2.08. The second-order valence-corrected chi connectivity index (χ2v) is 5.65. The van der Waals surface area contributed by atoms with Crippen molar-refractivity contribution in [2.75, 3.05) is 10.6 Å². The van der Waals surface area contributed by atoms with Crippen LogP contribution in [0.15, 0.2) is 66.9 Å².